The van der Waals surface area contributed by atoms with Crippen molar-refractivity contribution >= 4 is 23.5 Å². The zero-order chi connectivity index (χ0) is 17.5. The second-order valence-corrected chi connectivity index (χ2v) is 5.18. The van der Waals surface area contributed by atoms with Crippen LogP contribution >= 0.6 is 11.6 Å². The normalized spacial score (nSPS) is 10.6. The van der Waals surface area contributed by atoms with Gasteiger partial charge in [0.15, 0.2) is 11.5 Å². The number of hydrogen-bond donors (Lipinski definition) is 1. The van der Waals surface area contributed by atoms with Crippen molar-refractivity contribution in [2.45, 2.75) is 6.54 Å². The Morgan fingerprint density at radius 1 is 1.21 bits per heavy atom. The fourth-order valence-corrected chi connectivity index (χ4v) is 2.13. The second kappa shape index (κ2) is 8.16. The predicted octanol–water partition coefficient (Wildman–Crippen LogP) is 3.39. The van der Waals surface area contributed by atoms with Crippen LogP contribution in [0, 0.1) is 10.1 Å². The predicted molar refractivity (Wildman–Crippen MR) is 92.1 cm³/mol. The summed E-state index contributed by atoms with van der Waals surface area (Å²) in [5.74, 6) is 0.678. The maximum atomic E-state index is 11.2. The van der Waals surface area contributed by atoms with Crippen LogP contribution in [0.15, 0.2) is 41.5 Å². The summed E-state index contributed by atoms with van der Waals surface area (Å²) in [6.45, 7) is 0.467. The highest BCUT2D eigenvalue weighted by Crippen LogP contribution is 2.33. The van der Waals surface area contributed by atoms with Crippen molar-refractivity contribution in [1.29, 1.82) is 0 Å². The molecule has 0 amide bonds. The van der Waals surface area contributed by atoms with Gasteiger partial charge in [0.05, 0.1) is 43.5 Å². The molecule has 24 heavy (non-hydrogen) atoms. The third-order valence-electron chi connectivity index (χ3n) is 3.22. The van der Waals surface area contributed by atoms with Gasteiger partial charge in [0, 0.05) is 5.02 Å². The molecule has 2 aromatic rings. The van der Waals surface area contributed by atoms with Gasteiger partial charge in [-0.2, -0.15) is 5.10 Å². The zero-order valence-electron chi connectivity index (χ0n) is 13.2. The van der Waals surface area contributed by atoms with Gasteiger partial charge in [-0.1, -0.05) is 23.7 Å². The largest absolute Gasteiger partial charge is 0.493 e. The summed E-state index contributed by atoms with van der Waals surface area (Å²) in [4.78, 5) is 10.7. The first-order valence-corrected chi connectivity index (χ1v) is 7.33. The Bertz CT molecular complexity index is 748. The van der Waals surface area contributed by atoms with E-state index in [1.165, 1.54) is 32.6 Å². The van der Waals surface area contributed by atoms with Gasteiger partial charge in [-0.25, -0.2) is 0 Å². The minimum absolute atomic E-state index is 0.121. The Balaban J connectivity index is 2.15. The lowest BCUT2D eigenvalue weighted by Gasteiger charge is -2.08. The number of methoxy groups -OCH3 is 2. The number of benzene rings is 2. The third-order valence-corrected chi connectivity index (χ3v) is 3.47. The molecule has 0 spiro atoms. The molecule has 7 nitrogen and oxygen atoms in total. The van der Waals surface area contributed by atoms with Crippen molar-refractivity contribution in [3.8, 4) is 11.5 Å². The maximum Gasteiger partial charge on any atom is 0.282 e. The molecule has 0 atom stereocenters. The molecule has 0 aromatic heterocycles. The van der Waals surface area contributed by atoms with E-state index in [-0.39, 0.29) is 11.4 Å². The number of nitrogens with zero attached hydrogens (tertiary/aromatic N) is 2. The molecule has 0 saturated heterocycles. The molecule has 0 aliphatic heterocycles. The molecule has 0 heterocycles. The summed E-state index contributed by atoms with van der Waals surface area (Å²) in [6, 6.07) is 10.1. The highest BCUT2D eigenvalue weighted by Gasteiger charge is 2.18. The number of nitro groups is 1. The highest BCUT2D eigenvalue weighted by molar-refractivity contribution is 6.30. The molecule has 8 heteroatoms. The zero-order valence-corrected chi connectivity index (χ0v) is 13.9. The molecule has 0 aliphatic carbocycles. The molecular formula is C16H16ClN3O4. The first-order chi connectivity index (χ1) is 11.5. The molecule has 0 saturated carbocycles. The Kier molecular flexibility index (Phi) is 5.97. The van der Waals surface area contributed by atoms with E-state index in [0.29, 0.717) is 22.9 Å². The minimum Gasteiger partial charge on any atom is -0.493 e. The van der Waals surface area contributed by atoms with Gasteiger partial charge in [-0.05, 0) is 23.8 Å². The monoisotopic (exact) mass is 349 g/mol. The summed E-state index contributed by atoms with van der Waals surface area (Å²) >= 11 is 5.82. The SMILES string of the molecule is COc1cc(/C=N\NCc2ccc(Cl)cc2)c([N+](=O)[O-])cc1OC. The molecule has 0 bridgehead atoms. The van der Waals surface area contributed by atoms with E-state index in [4.69, 9.17) is 21.1 Å². The van der Waals surface area contributed by atoms with E-state index < -0.39 is 4.92 Å². The fourth-order valence-electron chi connectivity index (χ4n) is 2.00. The van der Waals surface area contributed by atoms with Crippen LogP contribution in [-0.4, -0.2) is 25.4 Å². The third kappa shape index (κ3) is 4.36. The number of nitro benzene ring substituents is 1. The van der Waals surface area contributed by atoms with Gasteiger partial charge in [0.2, 0.25) is 0 Å². The molecule has 0 radical (unpaired) electrons. The van der Waals surface area contributed by atoms with E-state index >= 15 is 0 Å². The topological polar surface area (TPSA) is 86.0 Å². The van der Waals surface area contributed by atoms with Crippen molar-refractivity contribution < 1.29 is 14.4 Å². The van der Waals surface area contributed by atoms with Gasteiger partial charge in [0.1, 0.15) is 0 Å². The lowest BCUT2D eigenvalue weighted by atomic mass is 10.1. The van der Waals surface area contributed by atoms with Crippen LogP contribution in [-0.2, 0) is 6.54 Å². The molecule has 126 valence electrons. The van der Waals surface area contributed by atoms with Gasteiger partial charge in [0.25, 0.3) is 5.69 Å². The van der Waals surface area contributed by atoms with Crippen LogP contribution in [0.4, 0.5) is 5.69 Å². The van der Waals surface area contributed by atoms with E-state index in [1.807, 2.05) is 12.1 Å². The van der Waals surface area contributed by atoms with Crippen molar-refractivity contribution in [2.75, 3.05) is 14.2 Å². The number of ether oxygens (including phenoxy) is 2. The molecule has 0 aliphatic rings. The van der Waals surface area contributed by atoms with E-state index in [9.17, 15) is 10.1 Å². The van der Waals surface area contributed by atoms with Crippen LogP contribution in [0.3, 0.4) is 0 Å². The molecular weight excluding hydrogens is 334 g/mol. The van der Waals surface area contributed by atoms with Crippen LogP contribution in [0.5, 0.6) is 11.5 Å². The van der Waals surface area contributed by atoms with E-state index in [0.717, 1.165) is 5.56 Å². The van der Waals surface area contributed by atoms with Crippen LogP contribution in [0.2, 0.25) is 5.02 Å². The number of halogens is 1. The maximum absolute atomic E-state index is 11.2. The number of hydrazone groups is 1. The van der Waals surface area contributed by atoms with Crippen molar-refractivity contribution in [3.63, 3.8) is 0 Å². The van der Waals surface area contributed by atoms with Gasteiger partial charge in [-0.3, -0.25) is 10.1 Å². The summed E-state index contributed by atoms with van der Waals surface area (Å²) < 4.78 is 10.2. The summed E-state index contributed by atoms with van der Waals surface area (Å²) in [5.41, 5.74) is 4.00. The Morgan fingerprint density at radius 3 is 2.42 bits per heavy atom. The number of rotatable bonds is 7. The molecule has 0 unspecified atom stereocenters. The number of nitrogens with one attached hydrogen (secondary N) is 1. The first kappa shape index (κ1) is 17.6. The van der Waals surface area contributed by atoms with Crippen LogP contribution in [0.1, 0.15) is 11.1 Å². The Morgan fingerprint density at radius 2 is 1.83 bits per heavy atom. The average Bonchev–Trinajstić information content (AvgIpc) is 2.59. The lowest BCUT2D eigenvalue weighted by molar-refractivity contribution is -0.385. The van der Waals surface area contributed by atoms with E-state index in [1.54, 1.807) is 12.1 Å². The smallest absolute Gasteiger partial charge is 0.282 e. The summed E-state index contributed by atoms with van der Waals surface area (Å²) in [7, 11) is 2.88. The second-order valence-electron chi connectivity index (χ2n) is 4.74. The highest BCUT2D eigenvalue weighted by atomic mass is 35.5. The van der Waals surface area contributed by atoms with Crippen LogP contribution in [0.25, 0.3) is 0 Å². The van der Waals surface area contributed by atoms with Crippen LogP contribution < -0.4 is 14.9 Å². The van der Waals surface area contributed by atoms with Crippen molar-refractivity contribution in [1.82, 2.24) is 5.43 Å². The molecule has 0 fully saturated rings. The van der Waals surface area contributed by atoms with Gasteiger partial charge >= 0.3 is 0 Å². The first-order valence-electron chi connectivity index (χ1n) is 6.96. The van der Waals surface area contributed by atoms with Crippen molar-refractivity contribution in [3.05, 3.63) is 62.7 Å². The Labute approximate surface area is 144 Å². The quantitative estimate of drug-likeness (QED) is 0.470. The molecule has 2 rings (SSSR count). The lowest BCUT2D eigenvalue weighted by Crippen LogP contribution is -2.06. The standard InChI is InChI=1S/C16H16ClN3O4/c1-23-15-7-12(14(20(21)22)8-16(15)24-2)10-19-18-9-11-3-5-13(17)6-4-11/h3-8,10,18H,9H2,1-2H3/b19-10-. The van der Waals surface area contributed by atoms with E-state index in [2.05, 4.69) is 10.5 Å². The molecule has 1 N–H and O–H groups in total. The minimum atomic E-state index is -0.498. The van der Waals surface area contributed by atoms with Gasteiger partial charge in [-0.15, -0.1) is 0 Å². The fraction of sp³-hybridized carbons (Fsp3) is 0.188. The van der Waals surface area contributed by atoms with Crippen molar-refractivity contribution in [2.24, 2.45) is 5.10 Å². The van der Waals surface area contributed by atoms with Gasteiger partial charge < -0.3 is 14.9 Å². The number of hydrogen-bond acceptors (Lipinski definition) is 6. The summed E-state index contributed by atoms with van der Waals surface area (Å²) in [6.07, 6.45) is 1.37. The Hall–Kier alpha value is -2.80. The summed E-state index contributed by atoms with van der Waals surface area (Å²) in [5, 5.41) is 15.9. The molecule has 2 aromatic carbocycles. The average molecular weight is 350 g/mol.